The maximum atomic E-state index is 4.21. The molecule has 2 aromatic carbocycles. The van der Waals surface area contributed by atoms with Gasteiger partial charge < -0.3 is 5.32 Å². The van der Waals surface area contributed by atoms with Crippen LogP contribution in [0.25, 0.3) is 10.8 Å². The van der Waals surface area contributed by atoms with Crippen LogP contribution in [0.2, 0.25) is 0 Å². The number of hydrogen-bond donors (Lipinski definition) is 1. The second-order valence-corrected chi connectivity index (χ2v) is 3.74. The Balaban J connectivity index is 2.44. The van der Waals surface area contributed by atoms with E-state index in [1.54, 1.807) is 0 Å². The molecule has 0 fully saturated rings. The number of nitrogens with zero attached hydrogens (tertiary/aromatic N) is 1. The molecule has 0 atom stereocenters. The molecule has 0 aromatic heterocycles. The van der Waals surface area contributed by atoms with Crippen LogP contribution in [0.3, 0.4) is 0 Å². The predicted molar refractivity (Wildman–Crippen MR) is 70.1 cm³/mol. The number of likely N-dealkylation sites (N-methyl/N-ethyl adjacent to an activating group) is 1. The van der Waals surface area contributed by atoms with Crippen LogP contribution in [0, 0.1) is 0 Å². The zero-order chi connectivity index (χ0) is 11.4. The Hall–Kier alpha value is -1.83. The number of aliphatic imine (C=N–C) groups is 1. The Labute approximate surface area is 96.0 Å². The van der Waals surface area contributed by atoms with E-state index in [0.717, 1.165) is 12.3 Å². The summed E-state index contributed by atoms with van der Waals surface area (Å²) < 4.78 is 0. The second kappa shape index (κ2) is 4.79. The molecule has 16 heavy (non-hydrogen) atoms. The number of nitrogens with one attached hydrogen (secondary N) is 1. The van der Waals surface area contributed by atoms with Crippen LogP contribution in [0.5, 0.6) is 0 Å². The molecule has 0 radical (unpaired) electrons. The zero-order valence-electron chi connectivity index (χ0n) is 9.70. The lowest BCUT2D eigenvalue weighted by molar-refractivity contribution is 1.09. The molecule has 0 spiro atoms. The normalized spacial score (nSPS) is 11.8. The van der Waals surface area contributed by atoms with E-state index in [9.17, 15) is 0 Å². The minimum absolute atomic E-state index is 0.856. The smallest absolute Gasteiger partial charge is 0.100 e. The fourth-order valence-corrected chi connectivity index (χ4v) is 1.91. The zero-order valence-corrected chi connectivity index (χ0v) is 9.70. The Kier molecular flexibility index (Phi) is 3.20. The lowest BCUT2D eigenvalue weighted by Gasteiger charge is -2.08. The SMILES string of the molecule is CN=C(Cc1cccc2ccccc12)NC. The fraction of sp³-hybridized carbons (Fsp3) is 0.214. The molecule has 2 heteroatoms. The van der Waals surface area contributed by atoms with Gasteiger partial charge in [0.2, 0.25) is 0 Å². The van der Waals surface area contributed by atoms with Crippen molar-refractivity contribution in [1.29, 1.82) is 0 Å². The fourth-order valence-electron chi connectivity index (χ4n) is 1.91. The molecule has 82 valence electrons. The Bertz CT molecular complexity index is 510. The van der Waals surface area contributed by atoms with Crippen molar-refractivity contribution in [1.82, 2.24) is 5.32 Å². The largest absolute Gasteiger partial charge is 0.377 e. The van der Waals surface area contributed by atoms with Gasteiger partial charge in [0.15, 0.2) is 0 Å². The average Bonchev–Trinajstić information content (AvgIpc) is 2.36. The molecule has 0 aliphatic rings. The molecule has 0 heterocycles. The van der Waals surface area contributed by atoms with E-state index in [1.807, 2.05) is 14.1 Å². The molecule has 2 rings (SSSR count). The van der Waals surface area contributed by atoms with Gasteiger partial charge in [-0.3, -0.25) is 4.99 Å². The number of hydrogen-bond acceptors (Lipinski definition) is 1. The molecule has 0 unspecified atom stereocenters. The van der Waals surface area contributed by atoms with Gasteiger partial charge in [-0.25, -0.2) is 0 Å². The molecule has 0 bridgehead atoms. The van der Waals surface area contributed by atoms with Gasteiger partial charge in [0.05, 0.1) is 0 Å². The molecule has 0 saturated heterocycles. The van der Waals surface area contributed by atoms with Crippen LogP contribution in [0.1, 0.15) is 5.56 Å². The second-order valence-electron chi connectivity index (χ2n) is 3.74. The average molecular weight is 212 g/mol. The summed E-state index contributed by atoms with van der Waals surface area (Å²) in [5.41, 5.74) is 1.31. The first-order valence-corrected chi connectivity index (χ1v) is 5.45. The van der Waals surface area contributed by atoms with Gasteiger partial charge in [0, 0.05) is 20.5 Å². The maximum absolute atomic E-state index is 4.21. The van der Waals surface area contributed by atoms with E-state index < -0.39 is 0 Å². The summed E-state index contributed by atoms with van der Waals surface area (Å²) in [4.78, 5) is 4.21. The third kappa shape index (κ3) is 2.06. The van der Waals surface area contributed by atoms with Gasteiger partial charge in [-0.15, -0.1) is 0 Å². The molecule has 0 saturated carbocycles. The van der Waals surface area contributed by atoms with Crippen molar-refractivity contribution in [2.45, 2.75) is 6.42 Å². The highest BCUT2D eigenvalue weighted by Crippen LogP contribution is 2.18. The topological polar surface area (TPSA) is 24.4 Å². The third-order valence-electron chi connectivity index (χ3n) is 2.80. The highest BCUT2D eigenvalue weighted by atomic mass is 14.9. The van der Waals surface area contributed by atoms with E-state index in [0.29, 0.717) is 0 Å². The maximum Gasteiger partial charge on any atom is 0.100 e. The summed E-state index contributed by atoms with van der Waals surface area (Å²) in [6, 6.07) is 14.8. The molecule has 1 N–H and O–H groups in total. The number of rotatable bonds is 2. The van der Waals surface area contributed by atoms with E-state index in [2.05, 4.69) is 52.8 Å². The number of fused-ring (bicyclic) bond motifs is 1. The van der Waals surface area contributed by atoms with Gasteiger partial charge in [0.25, 0.3) is 0 Å². The van der Waals surface area contributed by atoms with Crippen molar-refractivity contribution >= 4 is 16.6 Å². The Morgan fingerprint density at radius 2 is 1.88 bits per heavy atom. The first kappa shape index (κ1) is 10.7. The molecule has 0 amide bonds. The summed E-state index contributed by atoms with van der Waals surface area (Å²) in [6.45, 7) is 0. The summed E-state index contributed by atoms with van der Waals surface area (Å²) in [5.74, 6) is 1.01. The van der Waals surface area contributed by atoms with Gasteiger partial charge in [0.1, 0.15) is 5.84 Å². The van der Waals surface area contributed by atoms with Crippen molar-refractivity contribution < 1.29 is 0 Å². The monoisotopic (exact) mass is 212 g/mol. The van der Waals surface area contributed by atoms with E-state index >= 15 is 0 Å². The van der Waals surface area contributed by atoms with Crippen LogP contribution in [0.15, 0.2) is 47.5 Å². The molecule has 0 aliphatic carbocycles. The van der Waals surface area contributed by atoms with Crippen molar-refractivity contribution in [2.75, 3.05) is 14.1 Å². The summed E-state index contributed by atoms with van der Waals surface area (Å²) >= 11 is 0. The van der Waals surface area contributed by atoms with Crippen LogP contribution >= 0.6 is 0 Å². The third-order valence-corrected chi connectivity index (χ3v) is 2.80. The lowest BCUT2D eigenvalue weighted by Crippen LogP contribution is -2.20. The van der Waals surface area contributed by atoms with Crippen LogP contribution in [-0.2, 0) is 6.42 Å². The van der Waals surface area contributed by atoms with Crippen molar-refractivity contribution in [3.8, 4) is 0 Å². The quantitative estimate of drug-likeness (QED) is 0.600. The van der Waals surface area contributed by atoms with Gasteiger partial charge >= 0.3 is 0 Å². The minimum atomic E-state index is 0.856. The summed E-state index contributed by atoms with van der Waals surface area (Å²) in [6.07, 6.45) is 0.856. The highest BCUT2D eigenvalue weighted by Gasteiger charge is 2.02. The highest BCUT2D eigenvalue weighted by molar-refractivity contribution is 5.92. The first-order valence-electron chi connectivity index (χ1n) is 5.45. The molecular weight excluding hydrogens is 196 g/mol. The Morgan fingerprint density at radius 3 is 2.62 bits per heavy atom. The van der Waals surface area contributed by atoms with E-state index in [4.69, 9.17) is 0 Å². The predicted octanol–water partition coefficient (Wildman–Crippen LogP) is 2.63. The standard InChI is InChI=1S/C14H16N2/c1-15-14(16-2)10-12-8-5-7-11-6-3-4-9-13(11)12/h3-9H,10H2,1-2H3,(H,15,16). The van der Waals surface area contributed by atoms with Crippen LogP contribution < -0.4 is 5.32 Å². The summed E-state index contributed by atoms with van der Waals surface area (Å²) in [7, 11) is 3.73. The van der Waals surface area contributed by atoms with Crippen molar-refractivity contribution in [3.05, 3.63) is 48.0 Å². The number of amidine groups is 1. The molecule has 2 nitrogen and oxygen atoms in total. The minimum Gasteiger partial charge on any atom is -0.377 e. The van der Waals surface area contributed by atoms with Crippen LogP contribution in [0.4, 0.5) is 0 Å². The molecule has 0 aliphatic heterocycles. The molecular formula is C14H16N2. The number of benzene rings is 2. The van der Waals surface area contributed by atoms with Crippen molar-refractivity contribution in [2.24, 2.45) is 4.99 Å². The Morgan fingerprint density at radius 1 is 1.12 bits per heavy atom. The van der Waals surface area contributed by atoms with Gasteiger partial charge in [-0.05, 0) is 16.3 Å². The van der Waals surface area contributed by atoms with Crippen molar-refractivity contribution in [3.63, 3.8) is 0 Å². The van der Waals surface area contributed by atoms with E-state index in [-0.39, 0.29) is 0 Å². The van der Waals surface area contributed by atoms with E-state index in [1.165, 1.54) is 16.3 Å². The van der Waals surface area contributed by atoms with Gasteiger partial charge in [-0.1, -0.05) is 42.5 Å². The summed E-state index contributed by atoms with van der Waals surface area (Å²) in [5, 5.41) is 5.71. The molecule has 2 aromatic rings. The lowest BCUT2D eigenvalue weighted by atomic mass is 10.0. The van der Waals surface area contributed by atoms with Gasteiger partial charge in [-0.2, -0.15) is 0 Å². The first-order chi connectivity index (χ1) is 7.85. The van der Waals surface area contributed by atoms with Crippen LogP contribution in [-0.4, -0.2) is 19.9 Å².